The average molecular weight is 515 g/mol. The Bertz CT molecular complexity index is 1520. The van der Waals surface area contributed by atoms with Gasteiger partial charge in [-0.15, -0.1) is 0 Å². The molecule has 188 valence electrons. The summed E-state index contributed by atoms with van der Waals surface area (Å²) in [5.41, 5.74) is 3.07. The highest BCUT2D eigenvalue weighted by molar-refractivity contribution is 6.31. The summed E-state index contributed by atoms with van der Waals surface area (Å²) < 4.78 is 5.72. The van der Waals surface area contributed by atoms with Crippen LogP contribution in [0.25, 0.3) is 22.0 Å². The number of fused-ring (bicyclic) bond motifs is 1. The molecule has 6 rings (SSSR count). The molecular formula is C29H27ClN4O3. The summed E-state index contributed by atoms with van der Waals surface area (Å²) in [6.45, 7) is 2.11. The second-order valence-corrected chi connectivity index (χ2v) is 10.1. The van der Waals surface area contributed by atoms with E-state index in [9.17, 15) is 9.59 Å². The van der Waals surface area contributed by atoms with Crippen molar-refractivity contribution < 1.29 is 9.21 Å². The molecular weight excluding hydrogens is 488 g/mol. The van der Waals surface area contributed by atoms with E-state index in [-0.39, 0.29) is 11.5 Å². The molecule has 8 heteroatoms. The minimum atomic E-state index is -0.416. The SMILES string of the molecule is O=C(CN1CCCCC1)N1N=C(c2c(-c3ccccc3)c3cc(Cl)ccc3[nH]c2=O)C[C@H]1c1ccco1. The zero-order valence-electron chi connectivity index (χ0n) is 20.3. The van der Waals surface area contributed by atoms with E-state index in [2.05, 4.69) is 9.88 Å². The number of carbonyl (C=O) groups is 1. The van der Waals surface area contributed by atoms with Crippen molar-refractivity contribution in [3.8, 4) is 11.1 Å². The number of hydrogen-bond donors (Lipinski definition) is 1. The van der Waals surface area contributed by atoms with Crippen molar-refractivity contribution in [1.82, 2.24) is 14.9 Å². The van der Waals surface area contributed by atoms with Crippen LogP contribution in [0.3, 0.4) is 0 Å². The predicted octanol–water partition coefficient (Wildman–Crippen LogP) is 5.61. The number of carbonyl (C=O) groups excluding carboxylic acids is 1. The molecule has 0 aliphatic carbocycles. The van der Waals surface area contributed by atoms with E-state index in [0.717, 1.165) is 42.4 Å². The van der Waals surface area contributed by atoms with Crippen LogP contribution in [0.15, 0.2) is 81.2 Å². The fraction of sp³-hybridized carbons (Fsp3) is 0.276. The predicted molar refractivity (Wildman–Crippen MR) is 145 cm³/mol. The first-order valence-electron chi connectivity index (χ1n) is 12.6. The number of hydrogen-bond acceptors (Lipinski definition) is 5. The van der Waals surface area contributed by atoms with Gasteiger partial charge in [0, 0.05) is 27.9 Å². The van der Waals surface area contributed by atoms with Crippen LogP contribution >= 0.6 is 11.6 Å². The maximum absolute atomic E-state index is 13.6. The zero-order chi connectivity index (χ0) is 25.4. The molecule has 2 aliphatic rings. The van der Waals surface area contributed by atoms with Gasteiger partial charge in [0.05, 0.1) is 24.1 Å². The van der Waals surface area contributed by atoms with Crippen LogP contribution in [0.5, 0.6) is 0 Å². The molecule has 0 unspecified atom stereocenters. The Hall–Kier alpha value is -3.68. The molecule has 2 aromatic carbocycles. The molecule has 1 saturated heterocycles. The van der Waals surface area contributed by atoms with Gasteiger partial charge < -0.3 is 9.40 Å². The third kappa shape index (κ3) is 4.61. The molecule has 2 aliphatic heterocycles. The van der Waals surface area contributed by atoms with Crippen molar-refractivity contribution >= 4 is 34.1 Å². The highest BCUT2D eigenvalue weighted by Gasteiger charge is 2.37. The molecule has 0 saturated carbocycles. The number of nitrogens with zero attached hydrogens (tertiary/aromatic N) is 3. The highest BCUT2D eigenvalue weighted by Crippen LogP contribution is 2.37. The highest BCUT2D eigenvalue weighted by atomic mass is 35.5. The summed E-state index contributed by atoms with van der Waals surface area (Å²) in [7, 11) is 0. The third-order valence-corrected chi connectivity index (χ3v) is 7.41. The molecule has 2 aromatic heterocycles. The van der Waals surface area contributed by atoms with E-state index >= 15 is 0 Å². The number of benzene rings is 2. The lowest BCUT2D eigenvalue weighted by Crippen LogP contribution is -2.40. The summed E-state index contributed by atoms with van der Waals surface area (Å²) in [6.07, 6.45) is 5.36. The Morgan fingerprint density at radius 2 is 1.84 bits per heavy atom. The number of hydrazone groups is 1. The molecule has 0 spiro atoms. The Labute approximate surface area is 219 Å². The number of H-pyrrole nitrogens is 1. The Morgan fingerprint density at radius 3 is 2.59 bits per heavy atom. The summed E-state index contributed by atoms with van der Waals surface area (Å²) >= 11 is 6.39. The molecule has 0 bridgehead atoms. The van der Waals surface area contributed by atoms with Gasteiger partial charge in [-0.05, 0) is 61.8 Å². The van der Waals surface area contributed by atoms with E-state index < -0.39 is 6.04 Å². The minimum absolute atomic E-state index is 0.0974. The molecule has 1 fully saturated rings. The number of aromatic amines is 1. The quantitative estimate of drug-likeness (QED) is 0.375. The summed E-state index contributed by atoms with van der Waals surface area (Å²) in [5.74, 6) is 0.548. The fourth-order valence-corrected chi connectivity index (χ4v) is 5.59. The lowest BCUT2D eigenvalue weighted by atomic mass is 9.92. The Balaban J connectivity index is 1.48. The first-order valence-corrected chi connectivity index (χ1v) is 13.0. The van der Waals surface area contributed by atoms with Gasteiger partial charge in [-0.25, -0.2) is 5.01 Å². The molecule has 7 nitrogen and oxygen atoms in total. The number of furan rings is 1. The molecule has 4 aromatic rings. The number of pyridine rings is 1. The van der Waals surface area contributed by atoms with E-state index in [4.69, 9.17) is 21.1 Å². The minimum Gasteiger partial charge on any atom is -0.467 e. The van der Waals surface area contributed by atoms with E-state index in [0.29, 0.717) is 40.5 Å². The summed E-state index contributed by atoms with van der Waals surface area (Å²) in [6, 6.07) is 18.4. The summed E-state index contributed by atoms with van der Waals surface area (Å²) in [5, 5.41) is 7.71. The first-order chi connectivity index (χ1) is 18.1. The van der Waals surface area contributed by atoms with Crippen LogP contribution in [0.2, 0.25) is 5.02 Å². The van der Waals surface area contributed by atoms with Gasteiger partial charge in [-0.1, -0.05) is 48.4 Å². The number of rotatable bonds is 5. The standard InChI is InChI=1S/C29H27ClN4O3/c30-20-11-12-22-21(16-20)27(19-8-3-1-4-9-19)28(29(36)31-22)23-17-24(25-10-7-15-37-25)34(32-23)26(35)18-33-13-5-2-6-14-33/h1,3-4,7-12,15-16,24H,2,5-6,13-14,17-18H2,(H,31,36)/t24-/m0/s1. The molecule has 1 N–H and O–H groups in total. The average Bonchev–Trinajstić information content (AvgIpc) is 3.60. The van der Waals surface area contributed by atoms with Crippen LogP contribution < -0.4 is 5.56 Å². The van der Waals surface area contributed by atoms with Crippen LogP contribution in [-0.4, -0.2) is 46.1 Å². The van der Waals surface area contributed by atoms with Gasteiger partial charge in [-0.2, -0.15) is 5.10 Å². The van der Waals surface area contributed by atoms with Crippen molar-refractivity contribution in [3.63, 3.8) is 0 Å². The largest absolute Gasteiger partial charge is 0.467 e. The molecule has 4 heterocycles. The van der Waals surface area contributed by atoms with E-state index in [1.165, 1.54) is 11.4 Å². The lowest BCUT2D eigenvalue weighted by molar-refractivity contribution is -0.134. The number of piperidine rings is 1. The van der Waals surface area contributed by atoms with Gasteiger partial charge in [0.1, 0.15) is 11.8 Å². The summed E-state index contributed by atoms with van der Waals surface area (Å²) in [4.78, 5) is 32.3. The molecule has 1 amide bonds. The topological polar surface area (TPSA) is 81.9 Å². The van der Waals surface area contributed by atoms with Gasteiger partial charge in [0.15, 0.2) is 0 Å². The number of halogens is 1. The van der Waals surface area contributed by atoms with Gasteiger partial charge in [-0.3, -0.25) is 14.5 Å². The molecule has 1 atom stereocenters. The van der Waals surface area contributed by atoms with E-state index in [1.807, 2.05) is 48.5 Å². The van der Waals surface area contributed by atoms with E-state index in [1.54, 1.807) is 18.4 Å². The van der Waals surface area contributed by atoms with Crippen LogP contribution in [0.1, 0.15) is 43.0 Å². The van der Waals surface area contributed by atoms with Crippen molar-refractivity contribution in [2.45, 2.75) is 31.7 Å². The van der Waals surface area contributed by atoms with Crippen molar-refractivity contribution in [1.29, 1.82) is 0 Å². The van der Waals surface area contributed by atoms with Gasteiger partial charge in [0.25, 0.3) is 11.5 Å². The monoisotopic (exact) mass is 514 g/mol. The molecule has 0 radical (unpaired) electrons. The third-order valence-electron chi connectivity index (χ3n) is 7.17. The molecule has 37 heavy (non-hydrogen) atoms. The van der Waals surface area contributed by atoms with Gasteiger partial charge >= 0.3 is 0 Å². The van der Waals surface area contributed by atoms with Crippen LogP contribution in [-0.2, 0) is 4.79 Å². The maximum atomic E-state index is 13.6. The maximum Gasteiger partial charge on any atom is 0.258 e. The Morgan fingerprint density at radius 1 is 1.03 bits per heavy atom. The van der Waals surface area contributed by atoms with Crippen LogP contribution in [0, 0.1) is 0 Å². The first kappa shape index (κ1) is 23.7. The van der Waals surface area contributed by atoms with Crippen molar-refractivity contribution in [3.05, 3.63) is 93.6 Å². The Kier molecular flexibility index (Phi) is 6.40. The number of nitrogens with one attached hydrogen (secondary N) is 1. The van der Waals surface area contributed by atoms with Crippen LogP contribution in [0.4, 0.5) is 0 Å². The second-order valence-electron chi connectivity index (χ2n) is 9.62. The fourth-order valence-electron chi connectivity index (χ4n) is 5.42. The lowest BCUT2D eigenvalue weighted by Gasteiger charge is -2.28. The number of amides is 1. The zero-order valence-corrected chi connectivity index (χ0v) is 21.1. The van der Waals surface area contributed by atoms with Gasteiger partial charge in [0.2, 0.25) is 0 Å². The normalized spacial score (nSPS) is 18.4. The smallest absolute Gasteiger partial charge is 0.258 e. The number of likely N-dealkylation sites (tertiary alicyclic amines) is 1. The van der Waals surface area contributed by atoms with Crippen molar-refractivity contribution in [2.24, 2.45) is 5.10 Å². The number of aromatic nitrogens is 1. The van der Waals surface area contributed by atoms with Crippen molar-refractivity contribution in [2.75, 3.05) is 19.6 Å². The second kappa shape index (κ2) is 10.00.